The summed E-state index contributed by atoms with van der Waals surface area (Å²) in [6.45, 7) is 6.34. The van der Waals surface area contributed by atoms with Crippen LogP contribution in [0, 0.1) is 5.92 Å². The average molecular weight is 471 g/mol. The number of piperazine rings is 1. The van der Waals surface area contributed by atoms with Crippen LogP contribution in [0.1, 0.15) is 18.4 Å². The zero-order chi connectivity index (χ0) is 24.0. The lowest BCUT2D eigenvalue weighted by Gasteiger charge is -2.38. The Hall–Kier alpha value is -3.22. The van der Waals surface area contributed by atoms with Crippen molar-refractivity contribution in [3.8, 4) is 0 Å². The fraction of sp³-hybridized carbons (Fsp3) is 0.379. The van der Waals surface area contributed by atoms with Crippen LogP contribution in [0.25, 0.3) is 10.8 Å². The van der Waals surface area contributed by atoms with Crippen molar-refractivity contribution in [2.24, 2.45) is 5.92 Å². The number of likely N-dealkylation sites (tertiary alicyclic amines) is 1. The first-order valence-electron chi connectivity index (χ1n) is 12.7. The van der Waals surface area contributed by atoms with Gasteiger partial charge in [0, 0.05) is 49.7 Å². The molecule has 0 saturated carbocycles. The molecule has 6 nitrogen and oxygen atoms in total. The van der Waals surface area contributed by atoms with Crippen molar-refractivity contribution in [1.82, 2.24) is 14.7 Å². The second kappa shape index (κ2) is 11.0. The molecule has 6 heteroatoms. The maximum Gasteiger partial charge on any atom is 0.238 e. The van der Waals surface area contributed by atoms with E-state index in [2.05, 4.69) is 56.4 Å². The smallest absolute Gasteiger partial charge is 0.238 e. The summed E-state index contributed by atoms with van der Waals surface area (Å²) < 4.78 is 0. The summed E-state index contributed by atoms with van der Waals surface area (Å²) in [5.74, 6) is 0.373. The van der Waals surface area contributed by atoms with Crippen LogP contribution in [-0.4, -0.2) is 72.3 Å². The van der Waals surface area contributed by atoms with Gasteiger partial charge in [-0.15, -0.1) is 0 Å². The highest BCUT2D eigenvalue weighted by molar-refractivity contribution is 6.02. The summed E-state index contributed by atoms with van der Waals surface area (Å²) in [5.41, 5.74) is 2.17. The Balaban J connectivity index is 1.06. The van der Waals surface area contributed by atoms with Gasteiger partial charge < -0.3 is 10.2 Å². The Labute approximate surface area is 207 Å². The fourth-order valence-electron chi connectivity index (χ4n) is 5.29. The molecule has 0 spiro atoms. The summed E-state index contributed by atoms with van der Waals surface area (Å²) in [4.78, 5) is 32.5. The zero-order valence-corrected chi connectivity index (χ0v) is 20.2. The number of carbonyl (C=O) groups is 2. The van der Waals surface area contributed by atoms with E-state index in [0.717, 1.165) is 75.1 Å². The molecule has 3 aromatic carbocycles. The predicted octanol–water partition coefficient (Wildman–Crippen LogP) is 3.83. The molecule has 0 unspecified atom stereocenters. The summed E-state index contributed by atoms with van der Waals surface area (Å²) >= 11 is 0. The molecule has 0 aromatic heterocycles. The summed E-state index contributed by atoms with van der Waals surface area (Å²) in [5, 5.41) is 5.25. The van der Waals surface area contributed by atoms with E-state index < -0.39 is 0 Å². The number of fused-ring (bicyclic) bond motifs is 1. The van der Waals surface area contributed by atoms with Gasteiger partial charge in [-0.3, -0.25) is 19.4 Å². The second-order valence-corrected chi connectivity index (χ2v) is 9.71. The minimum Gasteiger partial charge on any atom is -0.340 e. The lowest BCUT2D eigenvalue weighted by molar-refractivity contribution is -0.139. The third-order valence-corrected chi connectivity index (χ3v) is 7.30. The molecule has 35 heavy (non-hydrogen) atoms. The molecule has 0 aliphatic carbocycles. The molecule has 2 heterocycles. The fourth-order valence-corrected chi connectivity index (χ4v) is 5.29. The molecule has 2 amide bonds. The third-order valence-electron chi connectivity index (χ3n) is 7.30. The van der Waals surface area contributed by atoms with E-state index in [9.17, 15) is 9.59 Å². The largest absolute Gasteiger partial charge is 0.340 e. The third kappa shape index (κ3) is 5.89. The predicted molar refractivity (Wildman–Crippen MR) is 140 cm³/mol. The normalized spacial score (nSPS) is 18.0. The van der Waals surface area contributed by atoms with Gasteiger partial charge in [-0.1, -0.05) is 66.7 Å². The number of anilines is 1. The molecule has 1 N–H and O–H groups in total. The van der Waals surface area contributed by atoms with Gasteiger partial charge in [-0.05, 0) is 42.9 Å². The lowest BCUT2D eigenvalue weighted by atomic mass is 9.95. The Morgan fingerprint density at radius 3 is 2.20 bits per heavy atom. The first-order chi connectivity index (χ1) is 17.2. The van der Waals surface area contributed by atoms with Crippen molar-refractivity contribution in [3.63, 3.8) is 0 Å². The number of carbonyl (C=O) groups excluding carboxylic acids is 2. The van der Waals surface area contributed by atoms with Crippen LogP contribution < -0.4 is 5.32 Å². The molecular weight excluding hydrogens is 436 g/mol. The first-order valence-corrected chi connectivity index (χ1v) is 12.7. The number of amides is 2. The topological polar surface area (TPSA) is 55.9 Å². The van der Waals surface area contributed by atoms with Gasteiger partial charge in [-0.25, -0.2) is 0 Å². The number of nitrogens with zero attached hydrogens (tertiary/aromatic N) is 3. The van der Waals surface area contributed by atoms with E-state index in [-0.39, 0.29) is 11.8 Å². The van der Waals surface area contributed by atoms with Gasteiger partial charge in [0.05, 0.1) is 6.54 Å². The Bertz CT molecular complexity index is 1140. The quantitative estimate of drug-likeness (QED) is 0.595. The molecule has 0 atom stereocenters. The van der Waals surface area contributed by atoms with Crippen LogP contribution in [0.5, 0.6) is 0 Å². The number of hydrogen-bond donors (Lipinski definition) is 1. The molecular formula is C29H34N4O2. The van der Waals surface area contributed by atoms with Crippen LogP contribution in [0.3, 0.4) is 0 Å². The average Bonchev–Trinajstić information content (AvgIpc) is 2.90. The van der Waals surface area contributed by atoms with E-state index in [1.807, 2.05) is 36.4 Å². The molecule has 2 fully saturated rings. The minimum absolute atomic E-state index is 0.000618. The summed E-state index contributed by atoms with van der Waals surface area (Å²) in [6, 6.07) is 24.6. The van der Waals surface area contributed by atoms with E-state index in [0.29, 0.717) is 12.5 Å². The maximum atomic E-state index is 13.1. The Morgan fingerprint density at radius 1 is 0.743 bits per heavy atom. The van der Waals surface area contributed by atoms with Crippen molar-refractivity contribution < 1.29 is 9.59 Å². The Morgan fingerprint density at radius 2 is 1.43 bits per heavy atom. The monoisotopic (exact) mass is 470 g/mol. The van der Waals surface area contributed by atoms with Crippen molar-refractivity contribution in [1.29, 1.82) is 0 Å². The van der Waals surface area contributed by atoms with E-state index in [1.54, 1.807) is 0 Å². The van der Waals surface area contributed by atoms with Gasteiger partial charge in [0.1, 0.15) is 0 Å². The molecule has 2 aliphatic rings. The molecule has 0 radical (unpaired) electrons. The van der Waals surface area contributed by atoms with Gasteiger partial charge in [0.25, 0.3) is 0 Å². The van der Waals surface area contributed by atoms with Crippen LogP contribution >= 0.6 is 0 Å². The van der Waals surface area contributed by atoms with Crippen LogP contribution in [0.2, 0.25) is 0 Å². The van der Waals surface area contributed by atoms with Crippen molar-refractivity contribution in [2.45, 2.75) is 19.4 Å². The Kier molecular flexibility index (Phi) is 7.40. The SMILES string of the molecule is O=C(CN1CCC(C(=O)N2CCN(Cc3ccccc3)CC2)CC1)Nc1cccc2ccccc12. The lowest BCUT2D eigenvalue weighted by Crippen LogP contribution is -2.51. The van der Waals surface area contributed by atoms with Crippen molar-refractivity contribution in [2.75, 3.05) is 51.1 Å². The summed E-state index contributed by atoms with van der Waals surface area (Å²) in [7, 11) is 0. The first kappa shape index (κ1) is 23.5. The second-order valence-electron chi connectivity index (χ2n) is 9.71. The van der Waals surface area contributed by atoms with E-state index in [1.165, 1.54) is 5.56 Å². The highest BCUT2D eigenvalue weighted by Gasteiger charge is 2.30. The van der Waals surface area contributed by atoms with Gasteiger partial charge in [-0.2, -0.15) is 0 Å². The molecule has 0 bridgehead atoms. The number of hydrogen-bond acceptors (Lipinski definition) is 4. The van der Waals surface area contributed by atoms with Crippen LogP contribution in [-0.2, 0) is 16.1 Å². The zero-order valence-electron chi connectivity index (χ0n) is 20.2. The van der Waals surface area contributed by atoms with Crippen molar-refractivity contribution in [3.05, 3.63) is 78.4 Å². The molecule has 3 aromatic rings. The number of nitrogens with one attached hydrogen (secondary N) is 1. The molecule has 2 aliphatic heterocycles. The van der Waals surface area contributed by atoms with Gasteiger partial charge in [0.15, 0.2) is 0 Å². The van der Waals surface area contributed by atoms with Crippen molar-refractivity contribution >= 4 is 28.3 Å². The van der Waals surface area contributed by atoms with Crippen LogP contribution in [0.4, 0.5) is 5.69 Å². The minimum atomic E-state index is 0.000618. The van der Waals surface area contributed by atoms with E-state index >= 15 is 0 Å². The highest BCUT2D eigenvalue weighted by Crippen LogP contribution is 2.24. The van der Waals surface area contributed by atoms with Gasteiger partial charge >= 0.3 is 0 Å². The molecule has 5 rings (SSSR count). The highest BCUT2D eigenvalue weighted by atomic mass is 16.2. The van der Waals surface area contributed by atoms with E-state index in [4.69, 9.17) is 0 Å². The standard InChI is InChI=1S/C29H34N4O2/c34-28(30-27-12-6-10-24-9-4-5-11-26(24)27)22-31-15-13-25(14-16-31)29(35)33-19-17-32(18-20-33)21-23-7-2-1-3-8-23/h1-12,25H,13-22H2,(H,30,34). The van der Waals surface area contributed by atoms with Crippen LogP contribution in [0.15, 0.2) is 72.8 Å². The molecule has 2 saturated heterocycles. The number of piperidine rings is 1. The number of benzene rings is 3. The molecule has 182 valence electrons. The van der Waals surface area contributed by atoms with Gasteiger partial charge in [0.2, 0.25) is 11.8 Å². The number of rotatable bonds is 6. The summed E-state index contributed by atoms with van der Waals surface area (Å²) in [6.07, 6.45) is 1.65. The maximum absolute atomic E-state index is 13.1.